The number of ether oxygens (including phenoxy) is 1. The van der Waals surface area contributed by atoms with E-state index >= 15 is 0 Å². The van der Waals surface area contributed by atoms with Gasteiger partial charge < -0.3 is 16.2 Å². The molecule has 0 aliphatic carbocycles. The summed E-state index contributed by atoms with van der Waals surface area (Å²) in [4.78, 5) is 13.9. The molecule has 6 nitrogen and oxygen atoms in total. The Morgan fingerprint density at radius 1 is 1.39 bits per heavy atom. The van der Waals surface area contributed by atoms with Crippen molar-refractivity contribution in [2.75, 3.05) is 0 Å². The lowest BCUT2D eigenvalue weighted by atomic mass is 10.1. The molecule has 4 N–H and O–H groups in total. The summed E-state index contributed by atoms with van der Waals surface area (Å²) in [5, 5.41) is 8.46. The summed E-state index contributed by atoms with van der Waals surface area (Å²) in [5.74, 6) is -3.06. The molecule has 0 fully saturated rings. The minimum Gasteiger partial charge on any atom is -0.443 e. The van der Waals surface area contributed by atoms with Crippen LogP contribution in [-0.2, 0) is 11.3 Å². The van der Waals surface area contributed by atoms with Crippen LogP contribution in [-0.4, -0.2) is 12.1 Å². The quantitative estimate of drug-likeness (QED) is 0.596. The molecule has 0 aromatic heterocycles. The van der Waals surface area contributed by atoms with E-state index < -0.39 is 35.9 Å². The molecule has 1 aromatic rings. The number of aliphatic imine (C=N–C) groups is 1. The van der Waals surface area contributed by atoms with Crippen LogP contribution in [0.2, 0.25) is 0 Å². The Labute approximate surface area is 100 Å². The third kappa shape index (κ3) is 3.15. The van der Waals surface area contributed by atoms with E-state index in [0.29, 0.717) is 0 Å². The first-order valence-corrected chi connectivity index (χ1v) is 4.59. The zero-order valence-corrected chi connectivity index (χ0v) is 8.98. The number of nitrogens with two attached hydrogens (primary N) is 2. The topological polar surface area (TPSA) is 114 Å². The number of nitrogens with zero attached hydrogens (tertiary/aromatic N) is 2. The van der Waals surface area contributed by atoms with Crippen LogP contribution in [0.5, 0.6) is 0 Å². The van der Waals surface area contributed by atoms with Crippen LogP contribution < -0.4 is 11.5 Å². The average Bonchev–Trinajstić information content (AvgIpc) is 2.30. The standard InChI is InChI=1S/C10H8F2N4O2/c11-7-5(3-13)1-2-6(8(7)12)4-18-10(17)16-9(14)15/h1-2H,4H2,(H4,14,15,16,17). The number of halogens is 2. The molecule has 0 aliphatic rings. The van der Waals surface area contributed by atoms with Crippen LogP contribution in [0.3, 0.4) is 0 Å². The second-order valence-electron chi connectivity index (χ2n) is 3.10. The summed E-state index contributed by atoms with van der Waals surface area (Å²) in [6.07, 6.45) is -1.13. The van der Waals surface area contributed by atoms with Crippen molar-refractivity contribution in [3.8, 4) is 6.07 Å². The van der Waals surface area contributed by atoms with Gasteiger partial charge in [-0.15, -0.1) is 4.99 Å². The Hall–Kier alpha value is -2.69. The lowest BCUT2D eigenvalue weighted by molar-refractivity contribution is 0.149. The Morgan fingerprint density at radius 2 is 2.06 bits per heavy atom. The highest BCUT2D eigenvalue weighted by Crippen LogP contribution is 2.16. The van der Waals surface area contributed by atoms with E-state index in [1.807, 2.05) is 0 Å². The van der Waals surface area contributed by atoms with Crippen molar-refractivity contribution in [3.63, 3.8) is 0 Å². The van der Waals surface area contributed by atoms with E-state index in [4.69, 9.17) is 16.7 Å². The second-order valence-corrected chi connectivity index (χ2v) is 3.10. The van der Waals surface area contributed by atoms with Crippen molar-refractivity contribution < 1.29 is 18.3 Å². The van der Waals surface area contributed by atoms with Crippen molar-refractivity contribution in [2.24, 2.45) is 16.5 Å². The van der Waals surface area contributed by atoms with E-state index in [-0.39, 0.29) is 5.56 Å². The molecule has 0 spiro atoms. The highest BCUT2D eigenvalue weighted by atomic mass is 19.2. The molecular weight excluding hydrogens is 246 g/mol. The molecule has 0 unspecified atom stereocenters. The molecule has 0 heterocycles. The Bertz CT molecular complexity index is 548. The molecule has 0 radical (unpaired) electrons. The van der Waals surface area contributed by atoms with Crippen molar-refractivity contribution >= 4 is 12.1 Å². The zero-order valence-electron chi connectivity index (χ0n) is 8.98. The minimum atomic E-state index is -1.30. The summed E-state index contributed by atoms with van der Waals surface area (Å²) >= 11 is 0. The van der Waals surface area contributed by atoms with E-state index in [9.17, 15) is 13.6 Å². The van der Waals surface area contributed by atoms with Crippen molar-refractivity contribution in [3.05, 3.63) is 34.9 Å². The van der Waals surface area contributed by atoms with Gasteiger partial charge in [0.25, 0.3) is 0 Å². The Balaban J connectivity index is 2.82. The summed E-state index contributed by atoms with van der Waals surface area (Å²) in [6, 6.07) is 3.67. The number of hydrogen-bond acceptors (Lipinski definition) is 3. The fourth-order valence-electron chi connectivity index (χ4n) is 1.06. The molecule has 0 bridgehead atoms. The van der Waals surface area contributed by atoms with Gasteiger partial charge in [-0.25, -0.2) is 13.6 Å². The molecule has 0 aliphatic heterocycles. The maximum absolute atomic E-state index is 13.4. The highest BCUT2D eigenvalue weighted by molar-refractivity contribution is 5.87. The second kappa shape index (κ2) is 5.58. The van der Waals surface area contributed by atoms with E-state index in [0.717, 1.165) is 12.1 Å². The normalized spacial score (nSPS) is 9.39. The number of carbonyl (C=O) groups excluding carboxylic acids is 1. The molecule has 1 amide bonds. The van der Waals surface area contributed by atoms with Crippen molar-refractivity contribution in [2.45, 2.75) is 6.61 Å². The summed E-state index contributed by atoms with van der Waals surface area (Å²) in [5.41, 5.74) is 9.15. The SMILES string of the molecule is N#Cc1ccc(COC(=O)N=C(N)N)c(F)c1F. The first-order valence-electron chi connectivity index (χ1n) is 4.59. The van der Waals surface area contributed by atoms with Gasteiger partial charge in [-0.1, -0.05) is 6.07 Å². The Kier molecular flexibility index (Phi) is 4.15. The minimum absolute atomic E-state index is 0.231. The molecule has 94 valence electrons. The predicted molar refractivity (Wildman–Crippen MR) is 57.1 cm³/mol. The van der Waals surface area contributed by atoms with Gasteiger partial charge in [0, 0.05) is 5.56 Å². The Morgan fingerprint density at radius 3 is 2.61 bits per heavy atom. The molecule has 0 saturated heterocycles. The lowest BCUT2D eigenvalue weighted by Crippen LogP contribution is -2.24. The summed E-state index contributed by atoms with van der Waals surface area (Å²) < 4.78 is 31.0. The molecule has 0 saturated carbocycles. The number of rotatable bonds is 2. The van der Waals surface area contributed by atoms with Crippen LogP contribution >= 0.6 is 0 Å². The van der Waals surface area contributed by atoms with Gasteiger partial charge >= 0.3 is 6.09 Å². The fourth-order valence-corrected chi connectivity index (χ4v) is 1.06. The lowest BCUT2D eigenvalue weighted by Gasteiger charge is -2.05. The fraction of sp³-hybridized carbons (Fsp3) is 0.100. The number of benzene rings is 1. The largest absolute Gasteiger partial charge is 0.443 e. The maximum atomic E-state index is 13.4. The van der Waals surface area contributed by atoms with Crippen LogP contribution in [0, 0.1) is 23.0 Å². The molecule has 18 heavy (non-hydrogen) atoms. The molecular formula is C10H8F2N4O2. The van der Waals surface area contributed by atoms with Crippen LogP contribution in [0.4, 0.5) is 13.6 Å². The van der Waals surface area contributed by atoms with Crippen LogP contribution in [0.25, 0.3) is 0 Å². The van der Waals surface area contributed by atoms with Gasteiger partial charge in [0.1, 0.15) is 12.7 Å². The monoisotopic (exact) mass is 254 g/mol. The maximum Gasteiger partial charge on any atom is 0.437 e. The number of nitriles is 1. The van der Waals surface area contributed by atoms with Crippen LogP contribution in [0.1, 0.15) is 11.1 Å². The predicted octanol–water partition coefficient (Wildman–Crippen LogP) is 0.746. The van der Waals surface area contributed by atoms with Gasteiger partial charge in [-0.05, 0) is 6.07 Å². The third-order valence-electron chi connectivity index (χ3n) is 1.85. The zero-order chi connectivity index (χ0) is 13.7. The summed E-state index contributed by atoms with van der Waals surface area (Å²) in [6.45, 7) is -0.552. The van der Waals surface area contributed by atoms with Gasteiger partial charge in [0.15, 0.2) is 17.6 Å². The van der Waals surface area contributed by atoms with Gasteiger partial charge in [-0.3, -0.25) is 0 Å². The number of amides is 1. The van der Waals surface area contributed by atoms with E-state index in [1.165, 1.54) is 6.07 Å². The average molecular weight is 254 g/mol. The van der Waals surface area contributed by atoms with E-state index in [2.05, 4.69) is 9.73 Å². The molecule has 1 aromatic carbocycles. The number of guanidine groups is 1. The van der Waals surface area contributed by atoms with Crippen molar-refractivity contribution in [1.82, 2.24) is 0 Å². The third-order valence-corrected chi connectivity index (χ3v) is 1.85. The van der Waals surface area contributed by atoms with E-state index in [1.54, 1.807) is 0 Å². The van der Waals surface area contributed by atoms with Crippen molar-refractivity contribution in [1.29, 1.82) is 5.26 Å². The molecule has 0 atom stereocenters. The number of hydrogen-bond donors (Lipinski definition) is 2. The van der Waals surface area contributed by atoms with Crippen LogP contribution in [0.15, 0.2) is 17.1 Å². The summed E-state index contributed by atoms with van der Waals surface area (Å²) in [7, 11) is 0. The molecule has 8 heteroatoms. The first-order chi connectivity index (χ1) is 8.45. The molecule has 1 rings (SSSR count). The smallest absolute Gasteiger partial charge is 0.437 e. The number of carbonyl (C=O) groups is 1. The van der Waals surface area contributed by atoms with Gasteiger partial charge in [0.05, 0.1) is 5.56 Å². The van der Waals surface area contributed by atoms with Gasteiger partial charge in [0.2, 0.25) is 0 Å². The highest BCUT2D eigenvalue weighted by Gasteiger charge is 2.14. The first kappa shape index (κ1) is 13.4. The van der Waals surface area contributed by atoms with Gasteiger partial charge in [-0.2, -0.15) is 5.26 Å².